The lowest BCUT2D eigenvalue weighted by atomic mass is 9.99. The first-order valence-electron chi connectivity index (χ1n) is 8.76. The van der Waals surface area contributed by atoms with E-state index < -0.39 is 15.4 Å². The summed E-state index contributed by atoms with van der Waals surface area (Å²) in [5.41, 5.74) is 2.48. The summed E-state index contributed by atoms with van der Waals surface area (Å²) in [6.45, 7) is 5.27. The second-order valence-corrected chi connectivity index (χ2v) is 8.82. The van der Waals surface area contributed by atoms with E-state index >= 15 is 0 Å². The molecule has 0 aliphatic heterocycles. The van der Waals surface area contributed by atoms with Gasteiger partial charge in [-0.3, -0.25) is 9.59 Å². The van der Waals surface area contributed by atoms with Gasteiger partial charge in [-0.1, -0.05) is 12.1 Å². The van der Waals surface area contributed by atoms with E-state index in [2.05, 4.69) is 10.3 Å². The van der Waals surface area contributed by atoms with Gasteiger partial charge in [0.25, 0.3) is 5.56 Å². The van der Waals surface area contributed by atoms with Crippen LogP contribution in [0.3, 0.4) is 0 Å². The summed E-state index contributed by atoms with van der Waals surface area (Å²) in [7, 11) is -3.26. The van der Waals surface area contributed by atoms with Gasteiger partial charge < -0.3 is 10.3 Å². The summed E-state index contributed by atoms with van der Waals surface area (Å²) < 4.78 is 23.0. The number of aromatic amines is 1. The Labute approximate surface area is 164 Å². The molecule has 2 rings (SSSR count). The van der Waals surface area contributed by atoms with E-state index in [4.69, 9.17) is 5.26 Å². The number of aryl methyl sites for hydroxylation is 1. The van der Waals surface area contributed by atoms with Gasteiger partial charge in [0.1, 0.15) is 11.6 Å². The lowest BCUT2D eigenvalue weighted by Crippen LogP contribution is -2.27. The largest absolute Gasteiger partial charge is 0.350 e. The van der Waals surface area contributed by atoms with Crippen LogP contribution in [-0.4, -0.2) is 25.6 Å². The Morgan fingerprint density at radius 1 is 1.25 bits per heavy atom. The van der Waals surface area contributed by atoms with Crippen LogP contribution in [0.2, 0.25) is 0 Å². The molecule has 2 aromatic rings. The maximum absolute atomic E-state index is 12.3. The number of carbonyl (C=O) groups is 1. The van der Waals surface area contributed by atoms with Gasteiger partial charge in [-0.25, -0.2) is 8.42 Å². The first-order chi connectivity index (χ1) is 13.0. The summed E-state index contributed by atoms with van der Waals surface area (Å²) in [5.74, 6) is -0.178. The third kappa shape index (κ3) is 4.87. The highest BCUT2D eigenvalue weighted by Gasteiger charge is 2.15. The molecule has 8 heteroatoms. The number of hydrogen-bond acceptors (Lipinski definition) is 5. The minimum Gasteiger partial charge on any atom is -0.350 e. The maximum Gasteiger partial charge on any atom is 0.266 e. The number of pyridine rings is 1. The molecule has 1 aromatic carbocycles. The normalized spacial score (nSPS) is 12.2. The van der Waals surface area contributed by atoms with Crippen molar-refractivity contribution in [2.24, 2.45) is 0 Å². The van der Waals surface area contributed by atoms with Crippen LogP contribution in [0.1, 0.15) is 47.3 Å². The first-order valence-corrected chi connectivity index (χ1v) is 10.7. The van der Waals surface area contributed by atoms with Gasteiger partial charge in [0.05, 0.1) is 10.9 Å². The van der Waals surface area contributed by atoms with Crippen molar-refractivity contribution in [2.75, 3.05) is 6.26 Å². The average molecular weight is 401 g/mol. The van der Waals surface area contributed by atoms with E-state index in [9.17, 15) is 18.0 Å². The Kier molecular flexibility index (Phi) is 6.41. The highest BCUT2D eigenvalue weighted by molar-refractivity contribution is 7.90. The van der Waals surface area contributed by atoms with Crippen LogP contribution in [0.4, 0.5) is 0 Å². The Morgan fingerprint density at radius 3 is 2.39 bits per heavy atom. The van der Waals surface area contributed by atoms with Crippen LogP contribution in [0.15, 0.2) is 34.0 Å². The van der Waals surface area contributed by atoms with Crippen LogP contribution >= 0.6 is 0 Å². The first kappa shape index (κ1) is 21.4. The van der Waals surface area contributed by atoms with E-state index in [0.717, 1.165) is 17.4 Å². The maximum atomic E-state index is 12.3. The van der Waals surface area contributed by atoms with Crippen molar-refractivity contribution in [3.63, 3.8) is 0 Å². The fraction of sp³-hybridized carbons (Fsp3) is 0.350. The number of nitriles is 1. The number of benzene rings is 1. The van der Waals surface area contributed by atoms with Crippen LogP contribution in [0.25, 0.3) is 0 Å². The molecule has 2 N–H and O–H groups in total. The van der Waals surface area contributed by atoms with Gasteiger partial charge in [-0.05, 0) is 56.0 Å². The van der Waals surface area contributed by atoms with Gasteiger partial charge in [-0.2, -0.15) is 5.26 Å². The highest BCUT2D eigenvalue weighted by atomic mass is 32.2. The molecule has 0 saturated carbocycles. The number of nitrogens with zero attached hydrogens (tertiary/aromatic N) is 1. The standard InChI is InChI=1S/C20H23N3O4S/c1-12-17(14(3)23-20(25)18(12)11-21)9-10-19(24)22-13(2)15-5-7-16(8-6-15)28(4,26)27/h5-8,13H,9-10H2,1-4H3,(H,22,24)(H,23,25)/t13-/m1/s1. The smallest absolute Gasteiger partial charge is 0.266 e. The molecule has 1 atom stereocenters. The Bertz CT molecular complexity index is 1090. The van der Waals surface area contributed by atoms with Gasteiger partial charge in [0, 0.05) is 18.4 Å². The van der Waals surface area contributed by atoms with Crippen molar-refractivity contribution in [1.82, 2.24) is 10.3 Å². The third-order valence-electron chi connectivity index (χ3n) is 4.71. The highest BCUT2D eigenvalue weighted by Crippen LogP contribution is 2.18. The van der Waals surface area contributed by atoms with Crippen molar-refractivity contribution >= 4 is 15.7 Å². The molecular weight excluding hydrogens is 378 g/mol. The van der Waals surface area contributed by atoms with Crippen LogP contribution in [0.5, 0.6) is 0 Å². The number of amides is 1. The molecule has 28 heavy (non-hydrogen) atoms. The summed E-state index contributed by atoms with van der Waals surface area (Å²) in [6.07, 6.45) is 1.74. The van der Waals surface area contributed by atoms with Crippen LogP contribution in [-0.2, 0) is 21.1 Å². The van der Waals surface area contributed by atoms with Crippen molar-refractivity contribution in [3.8, 4) is 6.07 Å². The summed E-state index contributed by atoms with van der Waals surface area (Å²) in [4.78, 5) is 27.0. The van der Waals surface area contributed by atoms with Crippen LogP contribution in [0, 0.1) is 25.2 Å². The molecule has 0 saturated heterocycles. The molecule has 0 bridgehead atoms. The molecule has 1 heterocycles. The van der Waals surface area contributed by atoms with E-state index in [1.165, 1.54) is 12.1 Å². The molecular formula is C20H23N3O4S. The molecule has 1 aromatic heterocycles. The molecule has 0 radical (unpaired) electrons. The van der Waals surface area contributed by atoms with Gasteiger partial charge in [0.15, 0.2) is 9.84 Å². The van der Waals surface area contributed by atoms with E-state index in [-0.39, 0.29) is 28.8 Å². The van der Waals surface area contributed by atoms with E-state index in [1.54, 1.807) is 26.0 Å². The second-order valence-electron chi connectivity index (χ2n) is 6.80. The summed E-state index contributed by atoms with van der Waals surface area (Å²) >= 11 is 0. The summed E-state index contributed by atoms with van der Waals surface area (Å²) in [6, 6.07) is 8.01. The van der Waals surface area contributed by atoms with Crippen LogP contribution < -0.4 is 10.9 Å². The monoisotopic (exact) mass is 401 g/mol. The predicted molar refractivity (Wildman–Crippen MR) is 106 cm³/mol. The molecule has 0 fully saturated rings. The van der Waals surface area contributed by atoms with Crippen molar-refractivity contribution in [2.45, 2.75) is 44.6 Å². The van der Waals surface area contributed by atoms with Crippen molar-refractivity contribution < 1.29 is 13.2 Å². The Morgan fingerprint density at radius 2 is 1.86 bits per heavy atom. The van der Waals surface area contributed by atoms with Crippen molar-refractivity contribution in [3.05, 3.63) is 62.6 Å². The fourth-order valence-electron chi connectivity index (χ4n) is 3.06. The molecule has 0 unspecified atom stereocenters. The molecule has 0 aliphatic rings. The SMILES string of the molecule is Cc1[nH]c(=O)c(C#N)c(C)c1CCC(=O)N[C@H](C)c1ccc(S(C)(=O)=O)cc1. The van der Waals surface area contributed by atoms with Gasteiger partial charge >= 0.3 is 0 Å². The van der Waals surface area contributed by atoms with E-state index in [1.807, 2.05) is 13.0 Å². The molecule has 7 nitrogen and oxygen atoms in total. The molecule has 0 aliphatic carbocycles. The van der Waals surface area contributed by atoms with Gasteiger partial charge in [0.2, 0.25) is 5.91 Å². The fourth-order valence-corrected chi connectivity index (χ4v) is 3.69. The number of hydrogen-bond donors (Lipinski definition) is 2. The van der Waals surface area contributed by atoms with Crippen molar-refractivity contribution in [1.29, 1.82) is 5.26 Å². The zero-order chi connectivity index (χ0) is 21.1. The number of H-pyrrole nitrogens is 1. The molecule has 1 amide bonds. The topological polar surface area (TPSA) is 120 Å². The minimum absolute atomic E-state index is 0.0698. The number of aromatic nitrogens is 1. The quantitative estimate of drug-likeness (QED) is 0.768. The predicted octanol–water partition coefficient (Wildman–Crippen LogP) is 2.08. The number of sulfone groups is 1. The zero-order valence-corrected chi connectivity index (χ0v) is 17.1. The lowest BCUT2D eigenvalue weighted by molar-refractivity contribution is -0.121. The average Bonchev–Trinajstić information content (AvgIpc) is 2.61. The zero-order valence-electron chi connectivity index (χ0n) is 16.3. The third-order valence-corrected chi connectivity index (χ3v) is 5.84. The Hall–Kier alpha value is -2.92. The Balaban J connectivity index is 2.05. The summed E-state index contributed by atoms with van der Waals surface area (Å²) in [5, 5.41) is 12.0. The number of nitrogens with one attached hydrogen (secondary N) is 2. The molecule has 0 spiro atoms. The minimum atomic E-state index is -3.26. The number of carbonyl (C=O) groups excluding carboxylic acids is 1. The van der Waals surface area contributed by atoms with Gasteiger partial charge in [-0.15, -0.1) is 0 Å². The van der Waals surface area contributed by atoms with E-state index in [0.29, 0.717) is 17.7 Å². The number of rotatable bonds is 6. The second kappa shape index (κ2) is 8.40. The lowest BCUT2D eigenvalue weighted by Gasteiger charge is -2.16. The molecule has 148 valence electrons.